The van der Waals surface area contributed by atoms with Gasteiger partial charge in [0.25, 0.3) is 0 Å². The van der Waals surface area contributed by atoms with Gasteiger partial charge < -0.3 is 15.4 Å². The fraction of sp³-hybridized carbons (Fsp3) is 0.625. The topological polar surface area (TPSA) is 93.2 Å². The zero-order valence-corrected chi connectivity index (χ0v) is 14.1. The van der Waals surface area contributed by atoms with Crippen LogP contribution in [-0.4, -0.2) is 33.1 Å². The molecular weight excluding hydrogens is 296 g/mol. The zero-order chi connectivity index (χ0) is 17.1. The summed E-state index contributed by atoms with van der Waals surface area (Å²) < 4.78 is 5.29. The molecule has 0 radical (unpaired) electrons. The first-order valence-corrected chi connectivity index (χ1v) is 7.81. The van der Waals surface area contributed by atoms with Crippen LogP contribution in [0.1, 0.15) is 52.1 Å². The number of ether oxygens (including phenoxy) is 1. The van der Waals surface area contributed by atoms with Crippen LogP contribution in [0.15, 0.2) is 12.5 Å². The van der Waals surface area contributed by atoms with Crippen LogP contribution in [0.25, 0.3) is 0 Å². The first-order valence-electron chi connectivity index (χ1n) is 7.81. The van der Waals surface area contributed by atoms with E-state index in [-0.39, 0.29) is 5.91 Å². The van der Waals surface area contributed by atoms with Gasteiger partial charge in [0, 0.05) is 0 Å². The van der Waals surface area contributed by atoms with E-state index in [1.807, 2.05) is 0 Å². The van der Waals surface area contributed by atoms with E-state index in [0.717, 1.165) is 12.8 Å². The Labute approximate surface area is 136 Å². The highest BCUT2D eigenvalue weighted by atomic mass is 16.6. The summed E-state index contributed by atoms with van der Waals surface area (Å²) in [5.74, 6) is -0.251. The molecule has 1 fully saturated rings. The molecule has 23 heavy (non-hydrogen) atoms. The SMILES string of the molecule is Cc1ncncc1NC(=O)C1(NC(=O)OC(C)(C)C)CCCC1. The molecule has 1 aromatic rings. The van der Waals surface area contributed by atoms with Crippen LogP contribution in [0.4, 0.5) is 10.5 Å². The van der Waals surface area contributed by atoms with E-state index < -0.39 is 17.2 Å². The van der Waals surface area contributed by atoms with E-state index in [4.69, 9.17) is 4.74 Å². The number of aryl methyl sites for hydroxylation is 1. The second-order valence-corrected chi connectivity index (χ2v) is 6.89. The summed E-state index contributed by atoms with van der Waals surface area (Å²) in [6.45, 7) is 7.16. The Morgan fingerprint density at radius 1 is 1.26 bits per heavy atom. The molecule has 1 aliphatic rings. The Bertz CT molecular complexity index is 589. The van der Waals surface area contributed by atoms with Crippen molar-refractivity contribution < 1.29 is 14.3 Å². The van der Waals surface area contributed by atoms with Crippen LogP contribution in [0.5, 0.6) is 0 Å². The molecule has 7 nitrogen and oxygen atoms in total. The van der Waals surface area contributed by atoms with E-state index in [2.05, 4.69) is 20.6 Å². The van der Waals surface area contributed by atoms with Crippen molar-refractivity contribution in [3.63, 3.8) is 0 Å². The fourth-order valence-electron chi connectivity index (χ4n) is 2.64. The molecule has 0 saturated heterocycles. The van der Waals surface area contributed by atoms with Crippen LogP contribution >= 0.6 is 0 Å². The third-order valence-corrected chi connectivity index (χ3v) is 3.79. The number of aromatic nitrogens is 2. The first kappa shape index (κ1) is 17.2. The van der Waals surface area contributed by atoms with Gasteiger partial charge in [-0.05, 0) is 40.5 Å². The van der Waals surface area contributed by atoms with E-state index in [1.54, 1.807) is 33.9 Å². The molecule has 0 aromatic carbocycles. The molecule has 126 valence electrons. The minimum atomic E-state index is -0.940. The standard InChI is InChI=1S/C16H24N4O3/c1-11-12(9-17-10-18-11)19-13(21)16(7-5-6-8-16)20-14(22)23-15(2,3)4/h9-10H,5-8H2,1-4H3,(H,19,21)(H,20,22). The number of amides is 2. The minimum absolute atomic E-state index is 0.251. The summed E-state index contributed by atoms with van der Waals surface area (Å²) in [6, 6.07) is 0. The van der Waals surface area contributed by atoms with E-state index in [0.29, 0.717) is 24.2 Å². The van der Waals surface area contributed by atoms with Crippen molar-refractivity contribution in [3.8, 4) is 0 Å². The van der Waals surface area contributed by atoms with E-state index >= 15 is 0 Å². The van der Waals surface area contributed by atoms with Crippen molar-refractivity contribution in [2.45, 2.75) is 64.5 Å². The monoisotopic (exact) mass is 320 g/mol. The molecule has 0 aliphatic heterocycles. The number of rotatable bonds is 3. The molecule has 0 atom stereocenters. The maximum atomic E-state index is 12.8. The predicted molar refractivity (Wildman–Crippen MR) is 86.0 cm³/mol. The lowest BCUT2D eigenvalue weighted by atomic mass is 9.96. The number of nitrogens with zero attached hydrogens (tertiary/aromatic N) is 2. The van der Waals surface area contributed by atoms with E-state index in [9.17, 15) is 9.59 Å². The average molecular weight is 320 g/mol. The maximum absolute atomic E-state index is 12.8. The van der Waals surface area contributed by atoms with Gasteiger partial charge in [-0.25, -0.2) is 14.8 Å². The molecular formula is C16H24N4O3. The summed E-state index contributed by atoms with van der Waals surface area (Å²) in [5, 5.41) is 5.60. The summed E-state index contributed by atoms with van der Waals surface area (Å²) in [4.78, 5) is 32.8. The Balaban J connectivity index is 2.12. The molecule has 0 unspecified atom stereocenters. The highest BCUT2D eigenvalue weighted by molar-refractivity contribution is 6.00. The lowest BCUT2D eigenvalue weighted by molar-refractivity contribution is -0.122. The highest BCUT2D eigenvalue weighted by Crippen LogP contribution is 2.31. The summed E-state index contributed by atoms with van der Waals surface area (Å²) in [7, 11) is 0. The second-order valence-electron chi connectivity index (χ2n) is 6.89. The van der Waals surface area contributed by atoms with Gasteiger partial charge in [0.2, 0.25) is 5.91 Å². The Kier molecular flexibility index (Phi) is 4.87. The first-order chi connectivity index (χ1) is 10.7. The van der Waals surface area contributed by atoms with Crippen molar-refractivity contribution >= 4 is 17.7 Å². The molecule has 1 heterocycles. The van der Waals surface area contributed by atoms with Gasteiger partial charge in [-0.2, -0.15) is 0 Å². The molecule has 1 aromatic heterocycles. The zero-order valence-electron chi connectivity index (χ0n) is 14.1. The summed E-state index contributed by atoms with van der Waals surface area (Å²) >= 11 is 0. The number of anilines is 1. The molecule has 1 saturated carbocycles. The van der Waals surface area contributed by atoms with Crippen LogP contribution < -0.4 is 10.6 Å². The quantitative estimate of drug-likeness (QED) is 0.893. The maximum Gasteiger partial charge on any atom is 0.408 e. The van der Waals surface area contributed by atoms with Gasteiger partial charge in [0.15, 0.2) is 0 Å². The average Bonchev–Trinajstić information content (AvgIpc) is 2.88. The third kappa shape index (κ3) is 4.40. The predicted octanol–water partition coefficient (Wildman–Crippen LogP) is 2.56. The van der Waals surface area contributed by atoms with Crippen LogP contribution in [0, 0.1) is 6.92 Å². The lowest BCUT2D eigenvalue weighted by Crippen LogP contribution is -2.56. The number of carbonyl (C=O) groups excluding carboxylic acids is 2. The molecule has 0 spiro atoms. The number of hydrogen-bond donors (Lipinski definition) is 2. The highest BCUT2D eigenvalue weighted by Gasteiger charge is 2.43. The normalized spacial score (nSPS) is 16.7. The number of alkyl carbamates (subject to hydrolysis) is 1. The molecule has 1 aliphatic carbocycles. The molecule has 7 heteroatoms. The molecule has 2 amide bonds. The van der Waals surface area contributed by atoms with Crippen LogP contribution in [-0.2, 0) is 9.53 Å². The van der Waals surface area contributed by atoms with Crippen molar-refractivity contribution in [3.05, 3.63) is 18.2 Å². The molecule has 0 bridgehead atoms. The smallest absolute Gasteiger partial charge is 0.408 e. The van der Waals surface area contributed by atoms with Crippen LogP contribution in [0.2, 0.25) is 0 Å². The Hall–Kier alpha value is -2.18. The van der Waals surface area contributed by atoms with Gasteiger partial charge in [0.1, 0.15) is 17.5 Å². The largest absolute Gasteiger partial charge is 0.444 e. The van der Waals surface area contributed by atoms with Gasteiger partial charge in [-0.15, -0.1) is 0 Å². The van der Waals surface area contributed by atoms with Gasteiger partial charge >= 0.3 is 6.09 Å². The van der Waals surface area contributed by atoms with Gasteiger partial charge in [-0.1, -0.05) is 12.8 Å². The summed E-state index contributed by atoms with van der Waals surface area (Å²) in [6.07, 6.45) is 5.35. The number of nitrogens with one attached hydrogen (secondary N) is 2. The fourth-order valence-corrected chi connectivity index (χ4v) is 2.64. The third-order valence-electron chi connectivity index (χ3n) is 3.79. The minimum Gasteiger partial charge on any atom is -0.444 e. The van der Waals surface area contributed by atoms with Crippen molar-refractivity contribution in [1.82, 2.24) is 15.3 Å². The number of hydrogen-bond acceptors (Lipinski definition) is 5. The molecule has 2 rings (SSSR count). The second kappa shape index (κ2) is 6.52. The summed E-state index contributed by atoms with van der Waals surface area (Å²) in [5.41, 5.74) is -0.317. The lowest BCUT2D eigenvalue weighted by Gasteiger charge is -2.30. The Morgan fingerprint density at radius 3 is 2.48 bits per heavy atom. The van der Waals surface area contributed by atoms with Crippen molar-refractivity contribution in [1.29, 1.82) is 0 Å². The van der Waals surface area contributed by atoms with Gasteiger partial charge in [0.05, 0.1) is 17.6 Å². The van der Waals surface area contributed by atoms with Crippen molar-refractivity contribution in [2.75, 3.05) is 5.32 Å². The van der Waals surface area contributed by atoms with Crippen molar-refractivity contribution in [2.24, 2.45) is 0 Å². The molecule has 2 N–H and O–H groups in total. The van der Waals surface area contributed by atoms with E-state index in [1.165, 1.54) is 6.33 Å². The Morgan fingerprint density at radius 2 is 1.91 bits per heavy atom. The van der Waals surface area contributed by atoms with Crippen LogP contribution in [0.3, 0.4) is 0 Å². The number of carbonyl (C=O) groups is 2. The van der Waals surface area contributed by atoms with Gasteiger partial charge in [-0.3, -0.25) is 4.79 Å².